The summed E-state index contributed by atoms with van der Waals surface area (Å²) in [5.74, 6) is -0.848. The zero-order valence-electron chi connectivity index (χ0n) is 21.7. The van der Waals surface area contributed by atoms with E-state index in [1.54, 1.807) is 31.5 Å². The van der Waals surface area contributed by atoms with Crippen LogP contribution in [-0.4, -0.2) is 65.2 Å². The summed E-state index contributed by atoms with van der Waals surface area (Å²) in [4.78, 5) is 17.1. The Morgan fingerprint density at radius 1 is 1.08 bits per heavy atom. The maximum Gasteiger partial charge on any atom is 0.249 e. The highest BCUT2D eigenvalue weighted by molar-refractivity contribution is 7.89. The SMILES string of the molecule is CCC(C)CN(C[C@@H](O)[C@H](Cc1ccccc1)NC(=O)C(O)C(C)C)S(=O)(=O)c1ccc2ncsc2c1. The predicted molar refractivity (Wildman–Crippen MR) is 147 cm³/mol. The van der Waals surface area contributed by atoms with Gasteiger partial charge in [-0.2, -0.15) is 4.31 Å². The van der Waals surface area contributed by atoms with Crippen LogP contribution in [0.2, 0.25) is 0 Å². The Bertz CT molecular complexity index is 1260. The van der Waals surface area contributed by atoms with Crippen molar-refractivity contribution in [1.29, 1.82) is 0 Å². The number of aliphatic hydroxyl groups is 2. The second kappa shape index (κ2) is 12.9. The molecule has 0 fully saturated rings. The second-order valence-electron chi connectivity index (χ2n) is 9.88. The molecule has 1 heterocycles. The van der Waals surface area contributed by atoms with E-state index in [2.05, 4.69) is 10.3 Å². The number of sulfonamides is 1. The normalized spacial score (nSPS) is 15.6. The molecule has 0 saturated carbocycles. The van der Waals surface area contributed by atoms with Crippen molar-refractivity contribution in [3.05, 3.63) is 59.6 Å². The summed E-state index contributed by atoms with van der Waals surface area (Å²) < 4.78 is 29.6. The van der Waals surface area contributed by atoms with E-state index in [-0.39, 0.29) is 36.2 Å². The van der Waals surface area contributed by atoms with Crippen LogP contribution in [0.4, 0.5) is 0 Å². The molecule has 0 spiro atoms. The van der Waals surface area contributed by atoms with Gasteiger partial charge in [0.25, 0.3) is 0 Å². The Balaban J connectivity index is 1.90. The van der Waals surface area contributed by atoms with Gasteiger partial charge >= 0.3 is 0 Å². The Morgan fingerprint density at radius 3 is 2.43 bits per heavy atom. The van der Waals surface area contributed by atoms with Crippen LogP contribution >= 0.6 is 11.3 Å². The molecule has 37 heavy (non-hydrogen) atoms. The summed E-state index contributed by atoms with van der Waals surface area (Å²) in [7, 11) is -3.95. The first-order valence-electron chi connectivity index (χ1n) is 12.6. The van der Waals surface area contributed by atoms with Crippen LogP contribution in [0.5, 0.6) is 0 Å². The molecular formula is C27H37N3O5S2. The molecule has 3 rings (SSSR count). The van der Waals surface area contributed by atoms with Gasteiger partial charge in [-0.25, -0.2) is 13.4 Å². The minimum Gasteiger partial charge on any atom is -0.390 e. The largest absolute Gasteiger partial charge is 0.390 e. The third-order valence-corrected chi connectivity index (χ3v) is 9.15. The van der Waals surface area contributed by atoms with Gasteiger partial charge in [0.15, 0.2) is 0 Å². The summed E-state index contributed by atoms with van der Waals surface area (Å²) in [5.41, 5.74) is 3.27. The molecule has 0 aliphatic heterocycles. The van der Waals surface area contributed by atoms with E-state index >= 15 is 0 Å². The second-order valence-corrected chi connectivity index (χ2v) is 12.7. The van der Waals surface area contributed by atoms with Gasteiger partial charge in [-0.1, -0.05) is 64.4 Å². The first kappa shape index (κ1) is 29.2. The average molecular weight is 548 g/mol. The number of amides is 1. The maximum absolute atomic E-state index is 13.8. The minimum atomic E-state index is -3.95. The topological polar surface area (TPSA) is 120 Å². The van der Waals surface area contributed by atoms with Gasteiger partial charge in [0, 0.05) is 13.1 Å². The first-order chi connectivity index (χ1) is 17.5. The molecule has 1 aromatic heterocycles. The number of fused-ring (bicyclic) bond motifs is 1. The van der Waals surface area contributed by atoms with Crippen LogP contribution in [0.25, 0.3) is 10.2 Å². The van der Waals surface area contributed by atoms with Crippen molar-refractivity contribution in [2.24, 2.45) is 11.8 Å². The monoisotopic (exact) mass is 547 g/mol. The van der Waals surface area contributed by atoms with Crippen molar-refractivity contribution in [3.63, 3.8) is 0 Å². The quantitative estimate of drug-likeness (QED) is 0.302. The van der Waals surface area contributed by atoms with Crippen molar-refractivity contribution in [3.8, 4) is 0 Å². The molecule has 0 radical (unpaired) electrons. The highest BCUT2D eigenvalue weighted by Gasteiger charge is 2.33. The molecule has 4 atom stereocenters. The fraction of sp³-hybridized carbons (Fsp3) is 0.481. The fourth-order valence-corrected chi connectivity index (χ4v) is 6.35. The van der Waals surface area contributed by atoms with Gasteiger partial charge in [0.1, 0.15) is 6.10 Å². The number of nitrogens with one attached hydrogen (secondary N) is 1. The molecule has 2 unspecified atom stereocenters. The predicted octanol–water partition coefficient (Wildman–Crippen LogP) is 3.44. The van der Waals surface area contributed by atoms with Crippen LogP contribution in [0.15, 0.2) is 58.9 Å². The number of thiazole rings is 1. The Kier molecular flexibility index (Phi) is 10.2. The lowest BCUT2D eigenvalue weighted by atomic mass is 9.99. The van der Waals surface area contributed by atoms with Gasteiger partial charge in [-0.3, -0.25) is 4.79 Å². The summed E-state index contributed by atoms with van der Waals surface area (Å²) in [6.07, 6.45) is -1.41. The van der Waals surface area contributed by atoms with Crippen molar-refractivity contribution in [1.82, 2.24) is 14.6 Å². The van der Waals surface area contributed by atoms with Crippen LogP contribution in [0.1, 0.15) is 39.7 Å². The zero-order valence-corrected chi connectivity index (χ0v) is 23.4. The van der Waals surface area contributed by atoms with E-state index in [1.807, 2.05) is 44.2 Å². The van der Waals surface area contributed by atoms with E-state index < -0.39 is 34.2 Å². The third kappa shape index (κ3) is 7.58. The van der Waals surface area contributed by atoms with Gasteiger partial charge in [-0.15, -0.1) is 11.3 Å². The van der Waals surface area contributed by atoms with E-state index in [9.17, 15) is 23.4 Å². The molecule has 2 aromatic carbocycles. The number of hydrogen-bond donors (Lipinski definition) is 3. The molecule has 0 aliphatic rings. The van der Waals surface area contributed by atoms with Crippen molar-refractivity contribution >= 4 is 37.5 Å². The van der Waals surface area contributed by atoms with E-state index in [0.29, 0.717) is 0 Å². The number of rotatable bonds is 13. The lowest BCUT2D eigenvalue weighted by Crippen LogP contribution is -2.53. The number of hydrogen-bond acceptors (Lipinski definition) is 7. The summed E-state index contributed by atoms with van der Waals surface area (Å²) in [6, 6.07) is 13.4. The molecule has 0 aliphatic carbocycles. The molecular weight excluding hydrogens is 510 g/mol. The zero-order chi connectivity index (χ0) is 27.2. The summed E-state index contributed by atoms with van der Waals surface area (Å²) >= 11 is 1.36. The highest BCUT2D eigenvalue weighted by atomic mass is 32.2. The van der Waals surface area contributed by atoms with Crippen molar-refractivity contribution < 1.29 is 23.4 Å². The van der Waals surface area contributed by atoms with Crippen LogP contribution in [-0.2, 0) is 21.2 Å². The van der Waals surface area contributed by atoms with E-state index in [4.69, 9.17) is 0 Å². The highest BCUT2D eigenvalue weighted by Crippen LogP contribution is 2.25. The maximum atomic E-state index is 13.8. The smallest absolute Gasteiger partial charge is 0.249 e. The van der Waals surface area contributed by atoms with Gasteiger partial charge in [0.2, 0.25) is 15.9 Å². The molecule has 0 bridgehead atoms. The molecule has 8 nitrogen and oxygen atoms in total. The number of aromatic nitrogens is 1. The van der Waals surface area contributed by atoms with E-state index in [1.165, 1.54) is 21.7 Å². The molecule has 3 N–H and O–H groups in total. The van der Waals surface area contributed by atoms with Crippen molar-refractivity contribution in [2.75, 3.05) is 13.1 Å². The molecule has 3 aromatic rings. The van der Waals surface area contributed by atoms with Crippen LogP contribution in [0.3, 0.4) is 0 Å². The number of carbonyl (C=O) groups excluding carboxylic acids is 1. The first-order valence-corrected chi connectivity index (χ1v) is 14.9. The summed E-state index contributed by atoms with van der Waals surface area (Å²) in [5, 5.41) is 24.4. The molecule has 1 amide bonds. The number of nitrogens with zero attached hydrogens (tertiary/aromatic N) is 2. The minimum absolute atomic E-state index is 0.0547. The number of carbonyl (C=O) groups is 1. The molecule has 0 saturated heterocycles. The Labute approximate surface area is 223 Å². The van der Waals surface area contributed by atoms with Gasteiger partial charge in [0.05, 0.1) is 32.8 Å². The number of aliphatic hydroxyl groups excluding tert-OH is 2. The fourth-order valence-electron chi connectivity index (χ4n) is 3.95. The molecule has 10 heteroatoms. The third-order valence-electron chi connectivity index (χ3n) is 6.53. The lowest BCUT2D eigenvalue weighted by Gasteiger charge is -2.31. The van der Waals surface area contributed by atoms with E-state index in [0.717, 1.165) is 22.2 Å². The lowest BCUT2D eigenvalue weighted by molar-refractivity contribution is -0.133. The Hall–Kier alpha value is -2.37. The Morgan fingerprint density at radius 2 is 1.78 bits per heavy atom. The van der Waals surface area contributed by atoms with Crippen LogP contribution < -0.4 is 5.32 Å². The molecule has 202 valence electrons. The van der Waals surface area contributed by atoms with Crippen LogP contribution in [0, 0.1) is 11.8 Å². The summed E-state index contributed by atoms with van der Waals surface area (Å²) in [6.45, 7) is 7.42. The average Bonchev–Trinajstić information content (AvgIpc) is 3.35. The number of benzene rings is 2. The standard InChI is InChI=1S/C27H37N3O5S2/c1-5-19(4)15-30(37(34,35)21-11-12-22-25(14-21)36-17-28-22)16-24(31)23(13-20-9-7-6-8-10-20)29-27(33)26(32)18(2)3/h6-12,14,17-19,23-24,26,31-32H,5,13,15-16H2,1-4H3,(H,29,33)/t19?,23-,24+,26?/m0/s1. The van der Waals surface area contributed by atoms with Gasteiger partial charge in [-0.05, 0) is 42.0 Å². The van der Waals surface area contributed by atoms with Gasteiger partial charge < -0.3 is 15.5 Å². The van der Waals surface area contributed by atoms with Crippen molar-refractivity contribution in [2.45, 2.75) is 63.7 Å².